The average Bonchev–Trinajstić information content (AvgIpc) is 3.69. The molecule has 0 spiro atoms. The molecule has 0 aliphatic carbocycles. The number of nitrogens with one attached hydrogen (secondary N) is 3. The Kier molecular flexibility index (Phi) is 9.05. The third-order valence-electron chi connectivity index (χ3n) is 8.28. The number of nitrogens with zero attached hydrogens (tertiary/aromatic N) is 6. The van der Waals surface area contributed by atoms with Gasteiger partial charge in [-0.05, 0) is 56.1 Å². The topological polar surface area (TPSA) is 144 Å². The van der Waals surface area contributed by atoms with Crippen molar-refractivity contribution in [2.24, 2.45) is 0 Å². The Morgan fingerprint density at radius 3 is 2.49 bits per heavy atom. The van der Waals surface area contributed by atoms with Crippen molar-refractivity contribution in [3.8, 4) is 11.3 Å². The van der Waals surface area contributed by atoms with Crippen LogP contribution in [0, 0.1) is 0 Å². The van der Waals surface area contributed by atoms with Gasteiger partial charge in [0.2, 0.25) is 0 Å². The highest BCUT2D eigenvalue weighted by Crippen LogP contribution is 2.36. The van der Waals surface area contributed by atoms with E-state index in [1.807, 2.05) is 13.0 Å². The molecule has 4 aromatic rings. The van der Waals surface area contributed by atoms with E-state index in [-0.39, 0.29) is 35.5 Å². The zero-order valence-electron chi connectivity index (χ0n) is 24.4. The summed E-state index contributed by atoms with van der Waals surface area (Å²) in [5.74, 6) is -0.0811. The number of amides is 2. The summed E-state index contributed by atoms with van der Waals surface area (Å²) in [4.78, 5) is 38.5. The molecule has 2 amide bonds. The number of H-pyrrole nitrogens is 1. The Labute approximate surface area is 262 Å². The number of aromatic nitrogens is 5. The Balaban J connectivity index is 0.00000400. The minimum Gasteiger partial charge on any atom is -0.380 e. The second kappa shape index (κ2) is 12.7. The number of fused-ring (bicyclic) bond motifs is 1. The van der Waals surface area contributed by atoms with Gasteiger partial charge in [-0.25, -0.2) is 9.97 Å². The molecule has 1 aromatic carbocycles. The number of benzene rings is 1. The number of aliphatic hydroxyl groups is 1. The van der Waals surface area contributed by atoms with Gasteiger partial charge in [0.25, 0.3) is 11.8 Å². The second-order valence-corrected chi connectivity index (χ2v) is 11.0. The van der Waals surface area contributed by atoms with Gasteiger partial charge in [0.05, 0.1) is 17.5 Å². The first-order valence-electron chi connectivity index (χ1n) is 14.4. The number of aromatic amines is 1. The molecule has 2 aliphatic heterocycles. The number of rotatable bonds is 6. The Bertz CT molecular complexity index is 1690. The van der Waals surface area contributed by atoms with Crippen molar-refractivity contribution in [1.29, 1.82) is 0 Å². The molecule has 2 saturated heterocycles. The molecule has 0 radical (unpaired) electrons. The molecule has 4 N–H and O–H groups in total. The van der Waals surface area contributed by atoms with Gasteiger partial charge in [0.15, 0.2) is 17.2 Å². The molecule has 240 valence electrons. The standard InChI is InChI=1S/C29H32F3N9O3.ClH/c1-2-18-15-19(37-24-25-35-17-22(41(25)10-9-34-24)21-16-36-38-23(21)29(30,31)32)3-4-20(18)26(42)39-11-13-40(14-12-39)27(43)28(44)5-7-33-8-6-28;/h3-4,9-10,15-17,33,44H,2,5-8,11-14H2,1H3,(H,34,37)(H,36,38);1H. The zero-order valence-corrected chi connectivity index (χ0v) is 25.2. The smallest absolute Gasteiger partial charge is 0.380 e. The fraction of sp³-hybridized carbons (Fsp3) is 0.414. The van der Waals surface area contributed by atoms with Crippen molar-refractivity contribution in [3.05, 3.63) is 59.8 Å². The molecule has 3 aromatic heterocycles. The predicted octanol–water partition coefficient (Wildman–Crippen LogP) is 3.26. The number of imidazole rings is 1. The number of piperazine rings is 1. The summed E-state index contributed by atoms with van der Waals surface area (Å²) in [6, 6.07) is 5.31. The molecule has 0 unspecified atom stereocenters. The fourth-order valence-corrected chi connectivity index (χ4v) is 5.85. The van der Waals surface area contributed by atoms with Crippen molar-refractivity contribution >= 4 is 41.4 Å². The fourth-order valence-electron chi connectivity index (χ4n) is 5.85. The van der Waals surface area contributed by atoms with E-state index in [4.69, 9.17) is 0 Å². The highest BCUT2D eigenvalue weighted by atomic mass is 35.5. The number of hydrogen-bond acceptors (Lipinski definition) is 8. The maximum atomic E-state index is 13.5. The van der Waals surface area contributed by atoms with E-state index in [1.165, 1.54) is 29.2 Å². The minimum atomic E-state index is -4.64. The molecule has 0 bridgehead atoms. The zero-order chi connectivity index (χ0) is 31.1. The largest absolute Gasteiger partial charge is 0.435 e. The Hall–Kier alpha value is -4.21. The van der Waals surface area contributed by atoms with Gasteiger partial charge >= 0.3 is 6.18 Å². The predicted molar refractivity (Wildman–Crippen MR) is 161 cm³/mol. The molecule has 16 heteroatoms. The van der Waals surface area contributed by atoms with Gasteiger partial charge in [-0.15, -0.1) is 12.4 Å². The molecule has 0 atom stereocenters. The summed E-state index contributed by atoms with van der Waals surface area (Å²) in [5.41, 5.74) is -0.0250. The lowest BCUT2D eigenvalue weighted by molar-refractivity contribution is -0.155. The van der Waals surface area contributed by atoms with Gasteiger partial charge in [-0.2, -0.15) is 18.3 Å². The third kappa shape index (κ3) is 6.19. The summed E-state index contributed by atoms with van der Waals surface area (Å²) in [5, 5.41) is 22.8. The van der Waals surface area contributed by atoms with Gasteiger partial charge < -0.3 is 25.5 Å². The van der Waals surface area contributed by atoms with E-state index in [9.17, 15) is 27.9 Å². The number of carbonyl (C=O) groups is 2. The van der Waals surface area contributed by atoms with Crippen LogP contribution in [0.15, 0.2) is 43.0 Å². The molecular formula is C29H33ClF3N9O3. The number of aryl methyl sites for hydroxylation is 1. The average molecular weight is 648 g/mol. The lowest BCUT2D eigenvalue weighted by Gasteiger charge is -2.40. The number of anilines is 2. The van der Waals surface area contributed by atoms with Crippen LogP contribution in [0.25, 0.3) is 16.9 Å². The Morgan fingerprint density at radius 1 is 1.09 bits per heavy atom. The van der Waals surface area contributed by atoms with Crippen LogP contribution in [0.1, 0.15) is 41.4 Å². The summed E-state index contributed by atoms with van der Waals surface area (Å²) in [7, 11) is 0. The van der Waals surface area contributed by atoms with Crippen molar-refractivity contribution in [2.75, 3.05) is 44.6 Å². The third-order valence-corrected chi connectivity index (χ3v) is 8.28. The maximum absolute atomic E-state index is 13.5. The van der Waals surface area contributed by atoms with Crippen molar-refractivity contribution in [3.63, 3.8) is 0 Å². The second-order valence-electron chi connectivity index (χ2n) is 11.0. The molecule has 2 fully saturated rings. The number of hydrogen-bond donors (Lipinski definition) is 4. The number of alkyl halides is 3. The molecule has 45 heavy (non-hydrogen) atoms. The van der Waals surface area contributed by atoms with Gasteiger partial charge in [-0.3, -0.25) is 19.1 Å². The van der Waals surface area contributed by atoms with E-state index in [1.54, 1.807) is 21.9 Å². The minimum absolute atomic E-state index is 0. The number of halogens is 4. The molecule has 0 saturated carbocycles. The van der Waals surface area contributed by atoms with Crippen LogP contribution in [0.3, 0.4) is 0 Å². The van der Waals surface area contributed by atoms with Crippen LogP contribution in [0.5, 0.6) is 0 Å². The normalized spacial score (nSPS) is 16.8. The van der Waals surface area contributed by atoms with Crippen LogP contribution < -0.4 is 10.6 Å². The van der Waals surface area contributed by atoms with E-state index < -0.39 is 17.5 Å². The number of piperidine rings is 1. The first-order valence-corrected chi connectivity index (χ1v) is 14.4. The van der Waals surface area contributed by atoms with Crippen molar-refractivity contribution in [1.82, 2.24) is 39.7 Å². The van der Waals surface area contributed by atoms with Crippen LogP contribution in [0.2, 0.25) is 0 Å². The van der Waals surface area contributed by atoms with E-state index in [0.29, 0.717) is 81.2 Å². The lowest BCUT2D eigenvalue weighted by Crippen LogP contribution is -2.59. The van der Waals surface area contributed by atoms with E-state index >= 15 is 0 Å². The summed E-state index contributed by atoms with van der Waals surface area (Å²) in [6.45, 7) is 4.56. The number of carbonyl (C=O) groups excluding carboxylic acids is 2. The quantitative estimate of drug-likeness (QED) is 0.250. The van der Waals surface area contributed by atoms with E-state index in [0.717, 1.165) is 5.56 Å². The molecular weight excluding hydrogens is 615 g/mol. The van der Waals surface area contributed by atoms with E-state index in [2.05, 4.69) is 30.8 Å². The monoisotopic (exact) mass is 647 g/mol. The van der Waals surface area contributed by atoms with Crippen LogP contribution in [-0.2, 0) is 17.4 Å². The summed E-state index contributed by atoms with van der Waals surface area (Å²) >= 11 is 0. The summed E-state index contributed by atoms with van der Waals surface area (Å²) in [6.07, 6.45) is 2.18. The first kappa shape index (κ1) is 32.2. The lowest BCUT2D eigenvalue weighted by atomic mass is 9.90. The van der Waals surface area contributed by atoms with Crippen LogP contribution in [0.4, 0.5) is 24.7 Å². The summed E-state index contributed by atoms with van der Waals surface area (Å²) < 4.78 is 41.9. The molecule has 12 nitrogen and oxygen atoms in total. The van der Waals surface area contributed by atoms with Gasteiger partial charge in [-0.1, -0.05) is 6.92 Å². The molecule has 6 rings (SSSR count). The molecule has 5 heterocycles. The Morgan fingerprint density at radius 2 is 1.80 bits per heavy atom. The van der Waals surface area contributed by atoms with Crippen molar-refractivity contribution < 1.29 is 27.9 Å². The van der Waals surface area contributed by atoms with Crippen molar-refractivity contribution in [2.45, 2.75) is 38.0 Å². The SMILES string of the molecule is CCc1cc(Nc2nccn3c(-c4c[nH]nc4C(F)(F)F)cnc23)ccc1C(=O)N1CCN(C(=O)C2(O)CCNCC2)CC1.Cl. The highest BCUT2D eigenvalue weighted by Gasteiger charge is 2.41. The van der Waals surface area contributed by atoms with Crippen LogP contribution >= 0.6 is 12.4 Å². The van der Waals surface area contributed by atoms with Gasteiger partial charge in [0, 0.05) is 56.0 Å². The first-order chi connectivity index (χ1) is 21.1. The molecule has 2 aliphatic rings. The highest BCUT2D eigenvalue weighted by molar-refractivity contribution is 5.96. The van der Waals surface area contributed by atoms with Crippen LogP contribution in [-0.4, -0.2) is 96.2 Å². The van der Waals surface area contributed by atoms with Gasteiger partial charge in [0.1, 0.15) is 5.60 Å². The maximum Gasteiger partial charge on any atom is 0.435 e.